The minimum atomic E-state index is -0.557. The van der Waals surface area contributed by atoms with Gasteiger partial charge in [0.1, 0.15) is 11.6 Å². The van der Waals surface area contributed by atoms with Crippen LogP contribution in [-0.4, -0.2) is 33.5 Å². The Bertz CT molecular complexity index is 1110. The normalized spacial score (nSPS) is 10.6. The summed E-state index contributed by atoms with van der Waals surface area (Å²) in [7, 11) is 1.40. The molecule has 0 aliphatic carbocycles. The van der Waals surface area contributed by atoms with E-state index in [0.717, 1.165) is 11.8 Å². The average molecular weight is 453 g/mol. The van der Waals surface area contributed by atoms with Crippen molar-refractivity contribution < 1.29 is 18.8 Å². The van der Waals surface area contributed by atoms with Gasteiger partial charge in [0.25, 0.3) is 5.69 Å². The standard InChI is InChI=1S/C17H13FN4O4S3/c1-26-14-7-6-12(22(24)25)8-13(14)19-15(23)9-28-16-20-21(17(27)29-16)11-4-2-10(18)3-5-11/h2-8H,9H2,1H3,(H,19,23). The van der Waals surface area contributed by atoms with Crippen LogP contribution in [0.3, 0.4) is 0 Å². The minimum Gasteiger partial charge on any atom is -0.495 e. The molecule has 150 valence electrons. The summed E-state index contributed by atoms with van der Waals surface area (Å²) in [6.45, 7) is 0. The number of anilines is 1. The molecule has 1 aromatic heterocycles. The average Bonchev–Trinajstić information content (AvgIpc) is 3.07. The van der Waals surface area contributed by atoms with Crippen molar-refractivity contribution in [3.05, 3.63) is 62.4 Å². The van der Waals surface area contributed by atoms with E-state index in [1.165, 1.54) is 53.5 Å². The first-order valence-electron chi connectivity index (χ1n) is 7.98. The maximum absolute atomic E-state index is 13.1. The zero-order valence-corrected chi connectivity index (χ0v) is 17.3. The number of benzene rings is 2. The molecule has 0 spiro atoms. The predicted molar refractivity (Wildman–Crippen MR) is 111 cm³/mol. The number of carbonyl (C=O) groups excluding carboxylic acids is 1. The van der Waals surface area contributed by atoms with E-state index in [1.807, 2.05) is 0 Å². The molecule has 3 rings (SSSR count). The molecule has 0 fully saturated rings. The number of ether oxygens (including phenoxy) is 1. The zero-order chi connectivity index (χ0) is 21.0. The summed E-state index contributed by atoms with van der Waals surface area (Å²) in [5.74, 6) is -0.427. The Morgan fingerprint density at radius 2 is 2.10 bits per heavy atom. The molecule has 1 N–H and O–H groups in total. The highest BCUT2D eigenvalue weighted by Gasteiger charge is 2.15. The molecule has 3 aromatic rings. The van der Waals surface area contributed by atoms with Crippen molar-refractivity contribution in [3.63, 3.8) is 0 Å². The zero-order valence-electron chi connectivity index (χ0n) is 14.8. The fourth-order valence-electron chi connectivity index (χ4n) is 2.29. The van der Waals surface area contributed by atoms with Gasteiger partial charge < -0.3 is 10.1 Å². The number of methoxy groups -OCH3 is 1. The maximum atomic E-state index is 13.1. The van der Waals surface area contributed by atoms with E-state index in [9.17, 15) is 19.3 Å². The number of amides is 1. The molecule has 0 radical (unpaired) electrons. The van der Waals surface area contributed by atoms with E-state index >= 15 is 0 Å². The van der Waals surface area contributed by atoms with Gasteiger partial charge in [0, 0.05) is 12.1 Å². The number of thioether (sulfide) groups is 1. The maximum Gasteiger partial charge on any atom is 0.271 e. The van der Waals surface area contributed by atoms with Gasteiger partial charge in [-0.3, -0.25) is 14.9 Å². The van der Waals surface area contributed by atoms with E-state index in [2.05, 4.69) is 10.4 Å². The van der Waals surface area contributed by atoms with E-state index in [1.54, 1.807) is 12.1 Å². The Kier molecular flexibility index (Phi) is 6.56. The predicted octanol–water partition coefficient (Wildman–Crippen LogP) is 4.45. The van der Waals surface area contributed by atoms with Crippen LogP contribution in [0.4, 0.5) is 15.8 Å². The number of nitrogens with one attached hydrogen (secondary N) is 1. The van der Waals surface area contributed by atoms with Crippen LogP contribution in [0.1, 0.15) is 0 Å². The molecule has 2 aromatic carbocycles. The summed E-state index contributed by atoms with van der Waals surface area (Å²) < 4.78 is 20.7. The molecule has 0 atom stereocenters. The van der Waals surface area contributed by atoms with Gasteiger partial charge in [0.05, 0.1) is 29.2 Å². The van der Waals surface area contributed by atoms with E-state index in [-0.39, 0.29) is 28.9 Å². The first kappa shape index (κ1) is 20.9. The summed E-state index contributed by atoms with van der Waals surface area (Å²) in [5, 5.41) is 17.9. The fourth-order valence-corrected chi connectivity index (χ4v) is 4.45. The van der Waals surface area contributed by atoms with Gasteiger partial charge in [-0.1, -0.05) is 23.1 Å². The lowest BCUT2D eigenvalue weighted by Gasteiger charge is -2.09. The summed E-state index contributed by atoms with van der Waals surface area (Å²) in [6.07, 6.45) is 0. The third-order valence-electron chi connectivity index (χ3n) is 3.60. The Balaban J connectivity index is 1.68. The molecule has 0 bridgehead atoms. The molecular formula is C17H13FN4O4S3. The van der Waals surface area contributed by atoms with Crippen molar-refractivity contribution in [2.45, 2.75) is 4.34 Å². The molecular weight excluding hydrogens is 439 g/mol. The van der Waals surface area contributed by atoms with Gasteiger partial charge in [0.15, 0.2) is 8.29 Å². The van der Waals surface area contributed by atoms with Gasteiger partial charge in [-0.15, -0.1) is 5.10 Å². The van der Waals surface area contributed by atoms with Gasteiger partial charge >= 0.3 is 0 Å². The Morgan fingerprint density at radius 1 is 1.38 bits per heavy atom. The number of carbonyl (C=O) groups is 1. The number of aromatic nitrogens is 2. The van der Waals surface area contributed by atoms with Crippen LogP contribution in [0.25, 0.3) is 5.69 Å². The number of nitro groups is 1. The topological polar surface area (TPSA) is 99.3 Å². The van der Waals surface area contributed by atoms with Crippen LogP contribution >= 0.6 is 35.3 Å². The molecule has 29 heavy (non-hydrogen) atoms. The molecule has 0 aliphatic rings. The summed E-state index contributed by atoms with van der Waals surface area (Å²) >= 11 is 7.66. The van der Waals surface area contributed by atoms with E-state index < -0.39 is 4.92 Å². The lowest BCUT2D eigenvalue weighted by molar-refractivity contribution is -0.384. The molecule has 1 amide bonds. The molecule has 0 saturated carbocycles. The molecule has 0 aliphatic heterocycles. The number of rotatable bonds is 7. The lowest BCUT2D eigenvalue weighted by atomic mass is 10.2. The van der Waals surface area contributed by atoms with Gasteiger partial charge in [0.2, 0.25) is 5.91 Å². The fraction of sp³-hybridized carbons (Fsp3) is 0.118. The first-order chi connectivity index (χ1) is 13.9. The van der Waals surface area contributed by atoms with E-state index in [4.69, 9.17) is 17.0 Å². The second-order valence-electron chi connectivity index (χ2n) is 5.50. The second kappa shape index (κ2) is 9.11. The van der Waals surface area contributed by atoms with Gasteiger partial charge in [-0.2, -0.15) is 0 Å². The number of hydrogen-bond donors (Lipinski definition) is 1. The first-order valence-corrected chi connectivity index (χ1v) is 10.2. The Morgan fingerprint density at radius 3 is 2.76 bits per heavy atom. The highest BCUT2D eigenvalue weighted by atomic mass is 32.2. The second-order valence-corrected chi connectivity index (χ2v) is 8.35. The molecule has 1 heterocycles. The van der Waals surface area contributed by atoms with Gasteiger partial charge in [-0.05, 0) is 42.5 Å². The quantitative estimate of drug-likeness (QED) is 0.245. The van der Waals surface area contributed by atoms with Crippen molar-refractivity contribution >= 4 is 52.6 Å². The largest absolute Gasteiger partial charge is 0.495 e. The third-order valence-corrected chi connectivity index (χ3v) is 5.96. The smallest absolute Gasteiger partial charge is 0.271 e. The summed E-state index contributed by atoms with van der Waals surface area (Å²) in [4.78, 5) is 22.6. The monoisotopic (exact) mass is 452 g/mol. The van der Waals surface area contributed by atoms with Crippen LogP contribution in [0, 0.1) is 19.9 Å². The number of non-ortho nitro benzene ring substituents is 1. The van der Waals surface area contributed by atoms with Crippen LogP contribution in [0.5, 0.6) is 5.75 Å². The number of halogens is 1. The highest BCUT2D eigenvalue weighted by Crippen LogP contribution is 2.30. The molecule has 0 saturated heterocycles. The highest BCUT2D eigenvalue weighted by molar-refractivity contribution is 8.01. The minimum absolute atomic E-state index is 0.0115. The van der Waals surface area contributed by atoms with Crippen molar-refractivity contribution in [1.29, 1.82) is 0 Å². The molecule has 0 unspecified atom stereocenters. The summed E-state index contributed by atoms with van der Waals surface area (Å²) in [5.41, 5.74) is 0.659. The third kappa shape index (κ3) is 5.16. The van der Waals surface area contributed by atoms with Crippen molar-refractivity contribution in [1.82, 2.24) is 9.78 Å². The number of nitrogens with zero attached hydrogens (tertiary/aromatic N) is 3. The summed E-state index contributed by atoms with van der Waals surface area (Å²) in [6, 6.07) is 9.66. The number of nitro benzene ring substituents is 1. The Labute approximate surface area is 177 Å². The molecule has 8 nitrogen and oxygen atoms in total. The Hall–Kier alpha value is -2.83. The van der Waals surface area contributed by atoms with Gasteiger partial charge in [-0.25, -0.2) is 9.07 Å². The van der Waals surface area contributed by atoms with E-state index in [0.29, 0.717) is 19.7 Å². The molecule has 12 heteroatoms. The SMILES string of the molecule is COc1ccc([N+](=O)[O-])cc1NC(=O)CSc1nn(-c2ccc(F)cc2)c(=S)s1. The number of hydrogen-bond acceptors (Lipinski definition) is 8. The van der Waals surface area contributed by atoms with Crippen LogP contribution in [0.15, 0.2) is 46.8 Å². The van der Waals surface area contributed by atoms with Crippen molar-refractivity contribution in [2.75, 3.05) is 18.2 Å². The lowest BCUT2D eigenvalue weighted by Crippen LogP contribution is -2.15. The van der Waals surface area contributed by atoms with Crippen molar-refractivity contribution in [3.8, 4) is 11.4 Å². The van der Waals surface area contributed by atoms with Crippen LogP contribution in [-0.2, 0) is 4.79 Å². The van der Waals surface area contributed by atoms with Crippen molar-refractivity contribution in [2.24, 2.45) is 0 Å². The van der Waals surface area contributed by atoms with Crippen LogP contribution < -0.4 is 10.1 Å². The van der Waals surface area contributed by atoms with Crippen LogP contribution in [0.2, 0.25) is 0 Å².